The second-order valence-corrected chi connectivity index (χ2v) is 11.5. The molecule has 2 aliphatic heterocycles. The Hall–Kier alpha value is -3.69. The number of nitrogens with zero attached hydrogens (tertiary/aromatic N) is 4. The molecule has 2 bridgehead atoms. The molecule has 10 heteroatoms. The van der Waals surface area contributed by atoms with Crippen molar-refractivity contribution in [2.24, 2.45) is 0 Å². The molecular weight excluding hydrogens is 532 g/mol. The van der Waals surface area contributed by atoms with Crippen molar-refractivity contribution in [2.75, 3.05) is 4.90 Å². The normalized spacial score (nSPS) is 22.1. The summed E-state index contributed by atoms with van der Waals surface area (Å²) in [5.74, 6) is 0.756. The van der Waals surface area contributed by atoms with E-state index >= 15 is 0 Å². The molecule has 9 nitrogen and oxygen atoms in total. The van der Waals surface area contributed by atoms with Crippen molar-refractivity contribution < 1.29 is 23.6 Å². The summed E-state index contributed by atoms with van der Waals surface area (Å²) in [4.78, 5) is 13.4. The predicted molar refractivity (Wildman–Crippen MR) is 147 cm³/mol. The first-order chi connectivity index (χ1) is 19.5. The molecule has 206 valence electrons. The smallest absolute Gasteiger partial charge is 0.335 e. The van der Waals surface area contributed by atoms with Gasteiger partial charge in [-0.25, -0.2) is 4.79 Å². The zero-order valence-electron chi connectivity index (χ0n) is 22.0. The monoisotopic (exact) mass is 560 g/mol. The van der Waals surface area contributed by atoms with E-state index in [9.17, 15) is 4.79 Å². The number of piperidine rings is 1. The number of fused-ring (bicyclic) bond motifs is 2. The average Bonchev–Trinajstić information content (AvgIpc) is 3.42. The summed E-state index contributed by atoms with van der Waals surface area (Å²) in [5, 5.41) is 22.9. The quantitative estimate of drug-likeness (QED) is 0.253. The Kier molecular flexibility index (Phi) is 6.35. The van der Waals surface area contributed by atoms with Crippen molar-refractivity contribution >= 4 is 23.6 Å². The fourth-order valence-electron chi connectivity index (χ4n) is 6.22. The van der Waals surface area contributed by atoms with E-state index in [1.807, 2.05) is 25.1 Å². The number of aryl methyl sites for hydroxylation is 1. The second-order valence-electron chi connectivity index (χ2n) is 11.0. The lowest BCUT2D eigenvalue weighted by atomic mass is 9.99. The van der Waals surface area contributed by atoms with Gasteiger partial charge in [0.2, 0.25) is 5.89 Å². The molecule has 1 saturated carbocycles. The number of carboxylic acids is 1. The van der Waals surface area contributed by atoms with Gasteiger partial charge in [-0.1, -0.05) is 34.0 Å². The van der Waals surface area contributed by atoms with Gasteiger partial charge in [-0.15, -0.1) is 5.10 Å². The SMILES string of the molecule is Cc1cccc(Cl)c1-c1noc(C2CC2)c1COC1CC2CCC(C1)N2c1nnc(-c2ccc(C(=O)O)cc2)o1. The molecule has 2 unspecified atom stereocenters. The molecule has 40 heavy (non-hydrogen) atoms. The van der Waals surface area contributed by atoms with Crippen LogP contribution in [-0.2, 0) is 11.3 Å². The van der Waals surface area contributed by atoms with Gasteiger partial charge in [0.1, 0.15) is 11.5 Å². The number of carbonyl (C=O) groups is 1. The Balaban J connectivity index is 1.06. The molecule has 2 saturated heterocycles. The number of halogens is 1. The van der Waals surface area contributed by atoms with Gasteiger partial charge in [0.25, 0.3) is 0 Å². The van der Waals surface area contributed by atoms with E-state index < -0.39 is 5.97 Å². The summed E-state index contributed by atoms with van der Waals surface area (Å²) in [6.45, 7) is 2.48. The number of benzene rings is 2. The number of ether oxygens (including phenoxy) is 1. The Bertz CT molecular complexity index is 1530. The lowest BCUT2D eigenvalue weighted by Gasteiger charge is -2.37. The van der Waals surface area contributed by atoms with Crippen molar-refractivity contribution in [1.29, 1.82) is 0 Å². The first-order valence-corrected chi connectivity index (χ1v) is 14.1. The molecule has 1 aliphatic carbocycles. The largest absolute Gasteiger partial charge is 0.478 e. The highest BCUT2D eigenvalue weighted by Gasteiger charge is 2.44. The molecule has 0 spiro atoms. The van der Waals surface area contributed by atoms with E-state index in [0.717, 1.165) is 66.7 Å². The fourth-order valence-corrected chi connectivity index (χ4v) is 6.54. The second kappa shape index (κ2) is 10.1. The predicted octanol–water partition coefficient (Wildman–Crippen LogP) is 6.65. The lowest BCUT2D eigenvalue weighted by Crippen LogP contribution is -2.45. The molecular formula is C30H29ClN4O5. The third kappa shape index (κ3) is 4.57. The van der Waals surface area contributed by atoms with E-state index in [0.29, 0.717) is 35.0 Å². The highest BCUT2D eigenvalue weighted by atomic mass is 35.5. The molecule has 2 aromatic carbocycles. The first kappa shape index (κ1) is 25.3. The maximum atomic E-state index is 11.2. The van der Waals surface area contributed by atoms with E-state index in [1.165, 1.54) is 12.1 Å². The van der Waals surface area contributed by atoms with Crippen LogP contribution in [-0.4, -0.2) is 44.6 Å². The number of anilines is 1. The van der Waals surface area contributed by atoms with Gasteiger partial charge in [0.15, 0.2) is 0 Å². The Labute approximate surface area is 236 Å². The minimum absolute atomic E-state index is 0.0989. The summed E-state index contributed by atoms with van der Waals surface area (Å²) < 4.78 is 18.5. The zero-order valence-corrected chi connectivity index (χ0v) is 22.8. The lowest BCUT2D eigenvalue weighted by molar-refractivity contribution is 0.0139. The zero-order chi connectivity index (χ0) is 27.4. The summed E-state index contributed by atoms with van der Waals surface area (Å²) >= 11 is 6.60. The number of hydrogen-bond acceptors (Lipinski definition) is 8. The standard InChI is InChI=1S/C30H29ClN4O5/c1-16-3-2-4-24(31)25(16)26-23(27(40-34-26)17-5-6-17)15-38-22-13-20-11-12-21(14-22)35(20)30-33-32-28(39-30)18-7-9-19(10-8-18)29(36)37/h2-4,7-10,17,20-22H,5-6,11-15H2,1H3,(H,36,37). The molecule has 4 aromatic rings. The molecule has 7 rings (SSSR count). The summed E-state index contributed by atoms with van der Waals surface area (Å²) in [6, 6.07) is 13.3. The summed E-state index contributed by atoms with van der Waals surface area (Å²) in [6.07, 6.45) is 6.14. The molecule has 1 N–H and O–H groups in total. The van der Waals surface area contributed by atoms with Crippen molar-refractivity contribution in [3.63, 3.8) is 0 Å². The van der Waals surface area contributed by atoms with Gasteiger partial charge in [-0.3, -0.25) is 0 Å². The fraction of sp³-hybridized carbons (Fsp3) is 0.400. The van der Waals surface area contributed by atoms with E-state index in [-0.39, 0.29) is 23.8 Å². The van der Waals surface area contributed by atoms with Crippen LogP contribution in [0.3, 0.4) is 0 Å². The minimum atomic E-state index is -0.970. The van der Waals surface area contributed by atoms with Crippen LogP contribution in [0.1, 0.15) is 71.7 Å². The van der Waals surface area contributed by atoms with Gasteiger partial charge in [0.05, 0.1) is 23.3 Å². The number of carboxylic acid groups (broad SMARTS) is 1. The Morgan fingerprint density at radius 1 is 1.07 bits per heavy atom. The first-order valence-electron chi connectivity index (χ1n) is 13.8. The van der Waals surface area contributed by atoms with Gasteiger partial charge < -0.3 is 23.7 Å². The van der Waals surface area contributed by atoms with Crippen LogP contribution < -0.4 is 4.90 Å². The third-order valence-corrected chi connectivity index (χ3v) is 8.71. The van der Waals surface area contributed by atoms with Crippen LogP contribution in [0, 0.1) is 6.92 Å². The number of rotatable bonds is 8. The Morgan fingerprint density at radius 3 is 2.50 bits per heavy atom. The van der Waals surface area contributed by atoms with Gasteiger partial charge >= 0.3 is 12.0 Å². The topological polar surface area (TPSA) is 115 Å². The molecule has 2 aromatic heterocycles. The average molecular weight is 561 g/mol. The minimum Gasteiger partial charge on any atom is -0.478 e. The molecule has 4 heterocycles. The van der Waals surface area contributed by atoms with Gasteiger partial charge in [-0.05, 0) is 81.3 Å². The molecule has 0 amide bonds. The van der Waals surface area contributed by atoms with Crippen LogP contribution in [0.15, 0.2) is 51.4 Å². The summed E-state index contributed by atoms with van der Waals surface area (Å²) in [5.41, 5.74) is 4.70. The molecule has 3 fully saturated rings. The van der Waals surface area contributed by atoms with Crippen molar-refractivity contribution in [3.8, 4) is 22.7 Å². The van der Waals surface area contributed by atoms with Crippen LogP contribution in [0.5, 0.6) is 0 Å². The maximum absolute atomic E-state index is 11.2. The molecule has 0 radical (unpaired) electrons. The highest BCUT2D eigenvalue weighted by molar-refractivity contribution is 6.33. The van der Waals surface area contributed by atoms with E-state index in [4.69, 9.17) is 30.4 Å². The Morgan fingerprint density at radius 2 is 1.82 bits per heavy atom. The third-order valence-electron chi connectivity index (χ3n) is 8.39. The van der Waals surface area contributed by atoms with E-state index in [2.05, 4.69) is 20.3 Å². The van der Waals surface area contributed by atoms with Crippen LogP contribution in [0.25, 0.3) is 22.7 Å². The van der Waals surface area contributed by atoms with Gasteiger partial charge in [-0.2, -0.15) is 0 Å². The molecule has 2 atom stereocenters. The number of hydrogen-bond donors (Lipinski definition) is 1. The van der Waals surface area contributed by atoms with Crippen LogP contribution in [0.2, 0.25) is 5.02 Å². The number of aromatic carboxylic acids is 1. The molecule has 3 aliphatic rings. The maximum Gasteiger partial charge on any atom is 0.335 e. The summed E-state index contributed by atoms with van der Waals surface area (Å²) in [7, 11) is 0. The van der Waals surface area contributed by atoms with Crippen LogP contribution in [0.4, 0.5) is 6.01 Å². The number of aromatic nitrogens is 3. The van der Waals surface area contributed by atoms with Gasteiger partial charge in [0, 0.05) is 34.7 Å². The van der Waals surface area contributed by atoms with Crippen molar-refractivity contribution in [3.05, 3.63) is 69.9 Å². The van der Waals surface area contributed by atoms with Crippen molar-refractivity contribution in [2.45, 2.75) is 76.2 Å². The van der Waals surface area contributed by atoms with Crippen molar-refractivity contribution in [1.82, 2.24) is 15.4 Å². The highest BCUT2D eigenvalue weighted by Crippen LogP contribution is 2.46. The van der Waals surface area contributed by atoms with Crippen LogP contribution >= 0.6 is 11.6 Å². The van der Waals surface area contributed by atoms with E-state index in [1.54, 1.807) is 12.1 Å².